The van der Waals surface area contributed by atoms with Crippen molar-refractivity contribution in [3.8, 4) is 22.4 Å². The summed E-state index contributed by atoms with van der Waals surface area (Å²) in [5.41, 5.74) is 6.04. The molecule has 0 radical (unpaired) electrons. The first kappa shape index (κ1) is 14.0. The van der Waals surface area contributed by atoms with E-state index in [9.17, 15) is 0 Å². The molecule has 0 N–H and O–H groups in total. The van der Waals surface area contributed by atoms with Gasteiger partial charge in [0, 0.05) is 23.7 Å². The van der Waals surface area contributed by atoms with Crippen molar-refractivity contribution in [1.82, 2.24) is 9.55 Å². The Balaban J connectivity index is 1.65. The summed E-state index contributed by atoms with van der Waals surface area (Å²) in [7, 11) is 0. The second-order valence-electron chi connectivity index (χ2n) is 5.47. The molecule has 0 aliphatic rings. The summed E-state index contributed by atoms with van der Waals surface area (Å²) in [6.45, 7) is 0.822. The molecular formula is C20H16N2S. The lowest BCUT2D eigenvalue weighted by molar-refractivity contribution is 0.799. The number of rotatable bonds is 4. The molecular weight excluding hydrogens is 300 g/mol. The smallest absolute Gasteiger partial charge is 0.0956 e. The number of aromatic nitrogens is 2. The Morgan fingerprint density at radius 3 is 2.52 bits per heavy atom. The van der Waals surface area contributed by atoms with Crippen molar-refractivity contribution in [3.63, 3.8) is 0 Å². The third-order valence-corrected chi connectivity index (χ3v) is 4.59. The van der Waals surface area contributed by atoms with Crippen molar-refractivity contribution in [1.29, 1.82) is 0 Å². The molecule has 0 spiro atoms. The van der Waals surface area contributed by atoms with Gasteiger partial charge < -0.3 is 4.57 Å². The fourth-order valence-electron chi connectivity index (χ4n) is 2.76. The second-order valence-corrected chi connectivity index (χ2v) is 6.25. The highest BCUT2D eigenvalue weighted by Gasteiger charge is 2.07. The van der Waals surface area contributed by atoms with E-state index in [1.165, 1.54) is 22.3 Å². The van der Waals surface area contributed by atoms with Crippen molar-refractivity contribution >= 4 is 11.3 Å². The van der Waals surface area contributed by atoms with E-state index in [1.807, 2.05) is 6.33 Å². The highest BCUT2D eigenvalue weighted by Crippen LogP contribution is 2.25. The fourth-order valence-corrected chi connectivity index (χ4v) is 3.41. The Morgan fingerprint density at radius 2 is 1.70 bits per heavy atom. The monoisotopic (exact) mass is 316 g/mol. The zero-order chi connectivity index (χ0) is 15.5. The Hall–Kier alpha value is -2.65. The van der Waals surface area contributed by atoms with Crippen molar-refractivity contribution < 1.29 is 0 Å². The summed E-state index contributed by atoms with van der Waals surface area (Å²) in [6.07, 6.45) is 4.03. The molecule has 0 amide bonds. The molecule has 0 saturated heterocycles. The molecule has 0 unspecified atom stereocenters. The van der Waals surface area contributed by atoms with E-state index in [4.69, 9.17) is 0 Å². The van der Waals surface area contributed by atoms with Gasteiger partial charge >= 0.3 is 0 Å². The molecule has 4 aromatic rings. The third-order valence-electron chi connectivity index (χ3n) is 3.91. The summed E-state index contributed by atoms with van der Waals surface area (Å²) in [5.74, 6) is 0. The first-order chi connectivity index (χ1) is 11.4. The first-order valence-corrected chi connectivity index (χ1v) is 8.52. The van der Waals surface area contributed by atoms with Crippen LogP contribution in [0.3, 0.4) is 0 Å². The summed E-state index contributed by atoms with van der Waals surface area (Å²) in [4.78, 5) is 4.53. The highest BCUT2D eigenvalue weighted by molar-refractivity contribution is 7.08. The molecule has 23 heavy (non-hydrogen) atoms. The van der Waals surface area contributed by atoms with Crippen LogP contribution in [0.15, 0.2) is 83.9 Å². The average molecular weight is 316 g/mol. The van der Waals surface area contributed by atoms with Crippen LogP contribution in [0.4, 0.5) is 0 Å². The predicted octanol–water partition coefficient (Wildman–Crippen LogP) is 5.33. The normalized spacial score (nSPS) is 10.8. The lowest BCUT2D eigenvalue weighted by atomic mass is 10.00. The average Bonchev–Trinajstić information content (AvgIpc) is 3.27. The van der Waals surface area contributed by atoms with Crippen LogP contribution in [0.2, 0.25) is 0 Å². The molecule has 2 heterocycles. The summed E-state index contributed by atoms with van der Waals surface area (Å²) >= 11 is 1.70. The third kappa shape index (κ3) is 2.96. The molecule has 4 rings (SSSR count). The minimum atomic E-state index is 0.822. The van der Waals surface area contributed by atoms with E-state index in [-0.39, 0.29) is 0 Å². The Kier molecular flexibility index (Phi) is 3.78. The van der Waals surface area contributed by atoms with Crippen molar-refractivity contribution in [3.05, 3.63) is 89.5 Å². The van der Waals surface area contributed by atoms with Gasteiger partial charge in [0.25, 0.3) is 0 Å². The van der Waals surface area contributed by atoms with E-state index in [2.05, 4.69) is 87.2 Å². The van der Waals surface area contributed by atoms with Gasteiger partial charge in [-0.25, -0.2) is 4.98 Å². The predicted molar refractivity (Wildman–Crippen MR) is 96.5 cm³/mol. The van der Waals surface area contributed by atoms with E-state index in [1.54, 1.807) is 11.3 Å². The fraction of sp³-hybridized carbons (Fsp3) is 0.0500. The molecule has 0 saturated carbocycles. The van der Waals surface area contributed by atoms with Crippen LogP contribution in [0.25, 0.3) is 22.4 Å². The van der Waals surface area contributed by atoms with Gasteiger partial charge in [0.05, 0.1) is 12.0 Å². The van der Waals surface area contributed by atoms with Crippen LogP contribution in [-0.2, 0) is 6.54 Å². The van der Waals surface area contributed by atoms with E-state index in [0.29, 0.717) is 0 Å². The second kappa shape index (κ2) is 6.23. The van der Waals surface area contributed by atoms with Crippen molar-refractivity contribution in [2.75, 3.05) is 0 Å². The quantitative estimate of drug-likeness (QED) is 0.498. The summed E-state index contributed by atoms with van der Waals surface area (Å²) < 4.78 is 2.15. The van der Waals surface area contributed by atoms with Crippen molar-refractivity contribution in [2.45, 2.75) is 6.54 Å². The van der Waals surface area contributed by atoms with Gasteiger partial charge in [-0.1, -0.05) is 54.6 Å². The minimum Gasteiger partial charge on any atom is -0.332 e. The standard InChI is InChI=1S/C20H16N2S/c1-2-6-16(7-3-1)19-9-5-4-8-17(19)12-22-13-20(21-15-22)18-10-11-23-14-18/h1-11,13-15H,12H2. The van der Waals surface area contributed by atoms with Gasteiger partial charge in [0.2, 0.25) is 0 Å². The highest BCUT2D eigenvalue weighted by atomic mass is 32.1. The number of hydrogen-bond donors (Lipinski definition) is 0. The SMILES string of the molecule is c1ccc(-c2ccccc2Cn2cnc(-c3ccsc3)c2)cc1. The lowest BCUT2D eigenvalue weighted by Crippen LogP contribution is -1.98. The molecule has 3 heteroatoms. The zero-order valence-corrected chi connectivity index (χ0v) is 13.4. The summed E-state index contributed by atoms with van der Waals surface area (Å²) in [5, 5.41) is 4.21. The molecule has 2 nitrogen and oxygen atoms in total. The summed E-state index contributed by atoms with van der Waals surface area (Å²) in [6, 6.07) is 21.2. The Morgan fingerprint density at radius 1 is 0.870 bits per heavy atom. The molecule has 112 valence electrons. The van der Waals surface area contributed by atoms with Gasteiger partial charge in [-0.05, 0) is 28.1 Å². The minimum absolute atomic E-state index is 0.822. The van der Waals surface area contributed by atoms with Gasteiger partial charge in [0.15, 0.2) is 0 Å². The lowest BCUT2D eigenvalue weighted by Gasteiger charge is -2.10. The maximum Gasteiger partial charge on any atom is 0.0956 e. The first-order valence-electron chi connectivity index (χ1n) is 7.58. The van der Waals surface area contributed by atoms with Crippen LogP contribution in [0.1, 0.15) is 5.56 Å². The molecule has 2 aromatic carbocycles. The topological polar surface area (TPSA) is 17.8 Å². The van der Waals surface area contributed by atoms with Gasteiger partial charge in [-0.2, -0.15) is 11.3 Å². The molecule has 0 aliphatic heterocycles. The van der Waals surface area contributed by atoms with E-state index >= 15 is 0 Å². The molecule has 0 fully saturated rings. The van der Waals surface area contributed by atoms with Crippen molar-refractivity contribution in [2.24, 2.45) is 0 Å². The number of benzene rings is 2. The maximum atomic E-state index is 4.53. The van der Waals surface area contributed by atoms with Crippen LogP contribution in [0, 0.1) is 0 Å². The molecule has 0 bridgehead atoms. The van der Waals surface area contributed by atoms with Crippen LogP contribution >= 0.6 is 11.3 Å². The Bertz CT molecular complexity index is 892. The van der Waals surface area contributed by atoms with Crippen LogP contribution in [-0.4, -0.2) is 9.55 Å². The number of imidazole rings is 1. The van der Waals surface area contributed by atoms with Gasteiger partial charge in [-0.3, -0.25) is 0 Å². The molecule has 2 aromatic heterocycles. The largest absolute Gasteiger partial charge is 0.332 e. The number of nitrogens with zero attached hydrogens (tertiary/aromatic N) is 2. The van der Waals surface area contributed by atoms with E-state index < -0.39 is 0 Å². The number of thiophene rings is 1. The van der Waals surface area contributed by atoms with E-state index in [0.717, 1.165) is 12.2 Å². The zero-order valence-electron chi connectivity index (χ0n) is 12.6. The van der Waals surface area contributed by atoms with Gasteiger partial charge in [-0.15, -0.1) is 0 Å². The van der Waals surface area contributed by atoms with Crippen LogP contribution < -0.4 is 0 Å². The number of hydrogen-bond acceptors (Lipinski definition) is 2. The van der Waals surface area contributed by atoms with Gasteiger partial charge in [0.1, 0.15) is 0 Å². The van der Waals surface area contributed by atoms with Crippen LogP contribution in [0.5, 0.6) is 0 Å². The maximum absolute atomic E-state index is 4.53. The Labute approximate surface area is 139 Å². The molecule has 0 aliphatic carbocycles. The molecule has 0 atom stereocenters.